The standard InChI is InChI=1S/C10H10F4N2O2/c11-6-1-2-7(15)8(3-6)18-4-9(17)16-5-10(12,13)14/h1-3H,4-5,15H2,(H,16,17). The van der Waals surface area contributed by atoms with E-state index in [-0.39, 0.29) is 11.4 Å². The zero-order chi connectivity index (χ0) is 13.8. The topological polar surface area (TPSA) is 64.3 Å². The highest BCUT2D eigenvalue weighted by Crippen LogP contribution is 2.21. The van der Waals surface area contributed by atoms with Crippen LogP contribution in [0.1, 0.15) is 0 Å². The third-order valence-electron chi connectivity index (χ3n) is 1.82. The maximum Gasteiger partial charge on any atom is 0.405 e. The summed E-state index contributed by atoms with van der Waals surface area (Å²) in [6, 6.07) is 3.25. The first-order valence-electron chi connectivity index (χ1n) is 4.79. The molecule has 0 unspecified atom stereocenters. The van der Waals surface area contributed by atoms with Crippen LogP contribution in [0.25, 0.3) is 0 Å². The van der Waals surface area contributed by atoms with E-state index in [0.29, 0.717) is 0 Å². The molecule has 18 heavy (non-hydrogen) atoms. The average Bonchev–Trinajstić information content (AvgIpc) is 2.26. The van der Waals surface area contributed by atoms with Gasteiger partial charge < -0.3 is 15.8 Å². The van der Waals surface area contributed by atoms with Gasteiger partial charge in [-0.05, 0) is 12.1 Å². The molecule has 100 valence electrons. The minimum Gasteiger partial charge on any atom is -0.482 e. The lowest BCUT2D eigenvalue weighted by molar-refractivity contribution is -0.139. The lowest BCUT2D eigenvalue weighted by atomic mass is 10.3. The van der Waals surface area contributed by atoms with Crippen LogP contribution in [0.2, 0.25) is 0 Å². The van der Waals surface area contributed by atoms with Crippen molar-refractivity contribution < 1.29 is 27.1 Å². The molecule has 0 aliphatic rings. The molecule has 0 saturated carbocycles. The first-order valence-corrected chi connectivity index (χ1v) is 4.79. The number of nitrogens with one attached hydrogen (secondary N) is 1. The molecule has 0 atom stereocenters. The second-order valence-electron chi connectivity index (χ2n) is 3.36. The molecular formula is C10H10F4N2O2. The fraction of sp³-hybridized carbons (Fsp3) is 0.300. The molecule has 1 amide bonds. The van der Waals surface area contributed by atoms with E-state index in [2.05, 4.69) is 0 Å². The number of carbonyl (C=O) groups is 1. The number of nitrogen functional groups attached to an aromatic ring is 1. The van der Waals surface area contributed by atoms with Crippen molar-refractivity contribution in [3.8, 4) is 5.75 Å². The van der Waals surface area contributed by atoms with Gasteiger partial charge in [-0.25, -0.2) is 4.39 Å². The van der Waals surface area contributed by atoms with Gasteiger partial charge in [0.25, 0.3) is 5.91 Å². The highest BCUT2D eigenvalue weighted by molar-refractivity contribution is 5.77. The van der Waals surface area contributed by atoms with Gasteiger partial charge in [0.2, 0.25) is 0 Å². The van der Waals surface area contributed by atoms with Crippen LogP contribution in [0.3, 0.4) is 0 Å². The Morgan fingerprint density at radius 1 is 1.39 bits per heavy atom. The monoisotopic (exact) mass is 266 g/mol. The molecule has 0 aliphatic heterocycles. The van der Waals surface area contributed by atoms with E-state index >= 15 is 0 Å². The van der Waals surface area contributed by atoms with Crippen LogP contribution in [-0.4, -0.2) is 25.2 Å². The minimum atomic E-state index is -4.49. The van der Waals surface area contributed by atoms with Crippen LogP contribution >= 0.6 is 0 Å². The fourth-order valence-corrected chi connectivity index (χ4v) is 1.03. The lowest BCUT2D eigenvalue weighted by Gasteiger charge is -2.10. The van der Waals surface area contributed by atoms with Crippen molar-refractivity contribution in [1.82, 2.24) is 5.32 Å². The largest absolute Gasteiger partial charge is 0.482 e. The number of hydrogen-bond acceptors (Lipinski definition) is 3. The Labute approximate surface area is 99.7 Å². The average molecular weight is 266 g/mol. The van der Waals surface area contributed by atoms with E-state index in [1.807, 2.05) is 0 Å². The van der Waals surface area contributed by atoms with Crippen molar-refractivity contribution in [3.05, 3.63) is 24.0 Å². The maximum atomic E-state index is 12.8. The summed E-state index contributed by atoms with van der Waals surface area (Å²) in [6.07, 6.45) is -4.49. The highest BCUT2D eigenvalue weighted by Gasteiger charge is 2.27. The van der Waals surface area contributed by atoms with Gasteiger partial charge in [-0.3, -0.25) is 4.79 Å². The molecule has 1 aromatic carbocycles. The van der Waals surface area contributed by atoms with Crippen LogP contribution in [0.15, 0.2) is 18.2 Å². The normalized spacial score (nSPS) is 11.1. The number of rotatable bonds is 4. The number of anilines is 1. The van der Waals surface area contributed by atoms with Crippen molar-refractivity contribution in [2.45, 2.75) is 6.18 Å². The Bertz CT molecular complexity index is 434. The molecule has 4 nitrogen and oxygen atoms in total. The smallest absolute Gasteiger partial charge is 0.405 e. The Kier molecular flexibility index (Phi) is 4.35. The van der Waals surface area contributed by atoms with Crippen LogP contribution in [0, 0.1) is 5.82 Å². The Morgan fingerprint density at radius 2 is 2.06 bits per heavy atom. The molecule has 0 aliphatic carbocycles. The van der Waals surface area contributed by atoms with Crippen LogP contribution in [0.5, 0.6) is 5.75 Å². The molecule has 0 spiro atoms. The van der Waals surface area contributed by atoms with E-state index in [0.717, 1.165) is 12.1 Å². The number of hydrogen-bond donors (Lipinski definition) is 2. The van der Waals surface area contributed by atoms with Gasteiger partial charge in [0.15, 0.2) is 6.61 Å². The van der Waals surface area contributed by atoms with Gasteiger partial charge in [0.05, 0.1) is 5.69 Å². The van der Waals surface area contributed by atoms with E-state index in [1.165, 1.54) is 6.07 Å². The van der Waals surface area contributed by atoms with E-state index < -0.39 is 31.1 Å². The third kappa shape index (κ3) is 4.89. The molecule has 1 rings (SSSR count). The molecular weight excluding hydrogens is 256 g/mol. The van der Waals surface area contributed by atoms with Gasteiger partial charge in [0, 0.05) is 6.07 Å². The summed E-state index contributed by atoms with van der Waals surface area (Å²) in [5, 5.41) is 1.60. The summed E-state index contributed by atoms with van der Waals surface area (Å²) in [5.41, 5.74) is 5.50. The molecule has 0 radical (unpaired) electrons. The number of amides is 1. The van der Waals surface area contributed by atoms with Gasteiger partial charge in [-0.1, -0.05) is 0 Å². The predicted molar refractivity (Wildman–Crippen MR) is 55.4 cm³/mol. The summed E-state index contributed by atoms with van der Waals surface area (Å²) in [5.74, 6) is -1.71. The summed E-state index contributed by atoms with van der Waals surface area (Å²) >= 11 is 0. The first-order chi connectivity index (χ1) is 8.28. The summed E-state index contributed by atoms with van der Waals surface area (Å²) in [6.45, 7) is -2.13. The van der Waals surface area contributed by atoms with E-state index in [4.69, 9.17) is 10.5 Å². The number of nitrogens with two attached hydrogens (primary N) is 1. The maximum absolute atomic E-state index is 12.8. The van der Waals surface area contributed by atoms with E-state index in [9.17, 15) is 22.4 Å². The minimum absolute atomic E-state index is 0.0834. The van der Waals surface area contributed by atoms with Crippen LogP contribution in [-0.2, 0) is 4.79 Å². The van der Waals surface area contributed by atoms with Gasteiger partial charge in [-0.2, -0.15) is 13.2 Å². The molecule has 0 heterocycles. The van der Waals surface area contributed by atoms with Crippen molar-refractivity contribution >= 4 is 11.6 Å². The SMILES string of the molecule is Nc1ccc(F)cc1OCC(=O)NCC(F)(F)F. The van der Waals surface area contributed by atoms with Crippen molar-refractivity contribution in [2.24, 2.45) is 0 Å². The summed E-state index contributed by atoms with van der Waals surface area (Å²) in [7, 11) is 0. The summed E-state index contributed by atoms with van der Waals surface area (Å²) < 4.78 is 52.9. The van der Waals surface area contributed by atoms with Crippen molar-refractivity contribution in [2.75, 3.05) is 18.9 Å². The summed E-state index contributed by atoms with van der Waals surface area (Å²) in [4.78, 5) is 11.0. The number of ether oxygens (including phenoxy) is 1. The van der Waals surface area contributed by atoms with Gasteiger partial charge in [-0.15, -0.1) is 0 Å². The fourth-order valence-electron chi connectivity index (χ4n) is 1.03. The second kappa shape index (κ2) is 5.56. The Balaban J connectivity index is 2.45. The number of benzene rings is 1. The number of halogens is 4. The quantitative estimate of drug-likeness (QED) is 0.640. The van der Waals surface area contributed by atoms with Gasteiger partial charge >= 0.3 is 6.18 Å². The molecule has 0 fully saturated rings. The van der Waals surface area contributed by atoms with Gasteiger partial charge in [0.1, 0.15) is 18.1 Å². The second-order valence-corrected chi connectivity index (χ2v) is 3.36. The lowest BCUT2D eigenvalue weighted by Crippen LogP contribution is -2.36. The molecule has 8 heteroatoms. The molecule has 0 bridgehead atoms. The van der Waals surface area contributed by atoms with E-state index in [1.54, 1.807) is 5.32 Å². The first kappa shape index (κ1) is 14.1. The van der Waals surface area contributed by atoms with Crippen LogP contribution < -0.4 is 15.8 Å². The highest BCUT2D eigenvalue weighted by atomic mass is 19.4. The van der Waals surface area contributed by atoms with Crippen LogP contribution in [0.4, 0.5) is 23.2 Å². The molecule has 0 saturated heterocycles. The predicted octanol–water partition coefficient (Wildman–Crippen LogP) is 1.47. The molecule has 1 aromatic rings. The molecule has 3 N–H and O–H groups in total. The van der Waals surface area contributed by atoms with Crippen molar-refractivity contribution in [3.63, 3.8) is 0 Å². The molecule has 0 aromatic heterocycles. The van der Waals surface area contributed by atoms with Crippen molar-refractivity contribution in [1.29, 1.82) is 0 Å². The number of carbonyl (C=O) groups excluding carboxylic acids is 1. The zero-order valence-electron chi connectivity index (χ0n) is 9.05. The Morgan fingerprint density at radius 3 is 2.67 bits per heavy atom. The Hall–Kier alpha value is -1.99. The number of alkyl halides is 3. The zero-order valence-corrected chi connectivity index (χ0v) is 9.05. The third-order valence-corrected chi connectivity index (χ3v) is 1.82.